The van der Waals surface area contributed by atoms with Crippen molar-refractivity contribution in [1.29, 1.82) is 0 Å². The van der Waals surface area contributed by atoms with Crippen LogP contribution >= 0.6 is 0 Å². The molecule has 0 aliphatic heterocycles. The van der Waals surface area contributed by atoms with Crippen molar-refractivity contribution >= 4 is 11.6 Å². The van der Waals surface area contributed by atoms with Crippen molar-refractivity contribution in [3.8, 4) is 11.3 Å². The molecule has 3 rings (SSSR count). The second-order valence-corrected chi connectivity index (χ2v) is 6.14. The van der Waals surface area contributed by atoms with Gasteiger partial charge in [0.2, 0.25) is 5.91 Å². The number of hydrogen-bond acceptors (Lipinski definition) is 3. The summed E-state index contributed by atoms with van der Waals surface area (Å²) in [5, 5.41) is 2.77. The third kappa shape index (κ3) is 4.03. The standard InChI is InChI=1S/C20H18FN3O2/c1-13-7-14(2)9-15(8-13)23-19(25)11-24-12-22-18(10-20(24)26)16-5-3-4-6-17(16)21/h3-10,12H,11H2,1-2H3,(H,23,25). The van der Waals surface area contributed by atoms with E-state index in [1.165, 1.54) is 23.0 Å². The maximum atomic E-state index is 13.8. The zero-order valence-electron chi connectivity index (χ0n) is 14.5. The van der Waals surface area contributed by atoms with Gasteiger partial charge in [0.05, 0.1) is 12.0 Å². The lowest BCUT2D eigenvalue weighted by Gasteiger charge is -2.09. The number of carbonyl (C=O) groups excluding carboxylic acids is 1. The minimum atomic E-state index is -0.454. The van der Waals surface area contributed by atoms with Gasteiger partial charge < -0.3 is 5.32 Å². The smallest absolute Gasteiger partial charge is 0.254 e. The van der Waals surface area contributed by atoms with Crippen LogP contribution in [0.5, 0.6) is 0 Å². The fourth-order valence-corrected chi connectivity index (χ4v) is 2.76. The number of rotatable bonds is 4. The Bertz CT molecular complexity index is 1010. The molecule has 0 saturated carbocycles. The Morgan fingerprint density at radius 3 is 2.46 bits per heavy atom. The van der Waals surface area contributed by atoms with Crippen LogP contribution < -0.4 is 10.9 Å². The van der Waals surface area contributed by atoms with Gasteiger partial charge in [-0.25, -0.2) is 9.37 Å². The lowest BCUT2D eigenvalue weighted by atomic mass is 10.1. The van der Waals surface area contributed by atoms with E-state index in [1.807, 2.05) is 32.0 Å². The molecule has 0 radical (unpaired) electrons. The quantitative estimate of drug-likeness (QED) is 0.784. The minimum Gasteiger partial charge on any atom is -0.325 e. The Morgan fingerprint density at radius 2 is 1.81 bits per heavy atom. The highest BCUT2D eigenvalue weighted by atomic mass is 19.1. The fraction of sp³-hybridized carbons (Fsp3) is 0.150. The molecule has 2 aromatic carbocycles. The van der Waals surface area contributed by atoms with Crippen LogP contribution in [-0.4, -0.2) is 15.5 Å². The lowest BCUT2D eigenvalue weighted by molar-refractivity contribution is -0.116. The maximum absolute atomic E-state index is 13.8. The molecule has 5 nitrogen and oxygen atoms in total. The van der Waals surface area contributed by atoms with E-state index >= 15 is 0 Å². The van der Waals surface area contributed by atoms with Crippen LogP contribution in [0.4, 0.5) is 10.1 Å². The second-order valence-electron chi connectivity index (χ2n) is 6.14. The van der Waals surface area contributed by atoms with Crippen LogP contribution in [0.2, 0.25) is 0 Å². The molecule has 0 aliphatic carbocycles. The highest BCUT2D eigenvalue weighted by Crippen LogP contribution is 2.18. The predicted octanol–water partition coefficient (Wildman–Crippen LogP) is 3.30. The summed E-state index contributed by atoms with van der Waals surface area (Å²) in [6, 6.07) is 13.0. The Balaban J connectivity index is 1.77. The summed E-state index contributed by atoms with van der Waals surface area (Å²) in [4.78, 5) is 28.6. The first-order valence-corrected chi connectivity index (χ1v) is 8.12. The number of amides is 1. The Labute approximate surface area is 150 Å². The first-order chi connectivity index (χ1) is 12.4. The van der Waals surface area contributed by atoms with Crippen molar-refractivity contribution in [2.24, 2.45) is 0 Å². The van der Waals surface area contributed by atoms with Crippen LogP contribution in [-0.2, 0) is 11.3 Å². The SMILES string of the molecule is Cc1cc(C)cc(NC(=O)Cn2cnc(-c3ccccc3F)cc2=O)c1. The average molecular weight is 351 g/mol. The largest absolute Gasteiger partial charge is 0.325 e. The summed E-state index contributed by atoms with van der Waals surface area (Å²) in [7, 11) is 0. The molecule has 1 N–H and O–H groups in total. The molecule has 0 bridgehead atoms. The molecule has 0 spiro atoms. The van der Waals surface area contributed by atoms with Gasteiger partial charge in [-0.05, 0) is 49.2 Å². The van der Waals surface area contributed by atoms with Gasteiger partial charge in [-0.1, -0.05) is 18.2 Å². The van der Waals surface area contributed by atoms with Crippen molar-refractivity contribution < 1.29 is 9.18 Å². The van der Waals surface area contributed by atoms with Gasteiger partial charge in [0.1, 0.15) is 12.4 Å². The third-order valence-corrected chi connectivity index (χ3v) is 3.85. The molecule has 1 heterocycles. The van der Waals surface area contributed by atoms with E-state index in [0.717, 1.165) is 11.1 Å². The van der Waals surface area contributed by atoms with E-state index < -0.39 is 11.4 Å². The van der Waals surface area contributed by atoms with Gasteiger partial charge in [-0.2, -0.15) is 0 Å². The van der Waals surface area contributed by atoms with Crippen molar-refractivity contribution in [2.45, 2.75) is 20.4 Å². The second kappa shape index (κ2) is 7.31. The molecular weight excluding hydrogens is 333 g/mol. The van der Waals surface area contributed by atoms with Crippen molar-refractivity contribution in [3.63, 3.8) is 0 Å². The number of carbonyl (C=O) groups is 1. The number of aromatic nitrogens is 2. The average Bonchev–Trinajstić information content (AvgIpc) is 2.56. The molecule has 0 saturated heterocycles. The molecule has 6 heteroatoms. The number of aryl methyl sites for hydroxylation is 2. The fourth-order valence-electron chi connectivity index (χ4n) is 2.76. The summed E-state index contributed by atoms with van der Waals surface area (Å²) >= 11 is 0. The molecule has 0 fully saturated rings. The number of halogens is 1. The molecule has 0 atom stereocenters. The van der Waals surface area contributed by atoms with Crippen molar-refractivity contribution in [2.75, 3.05) is 5.32 Å². The molecule has 26 heavy (non-hydrogen) atoms. The molecule has 0 aliphatic rings. The molecule has 0 unspecified atom stereocenters. The van der Waals surface area contributed by atoms with Gasteiger partial charge in [0.25, 0.3) is 5.56 Å². The zero-order valence-corrected chi connectivity index (χ0v) is 14.5. The number of anilines is 1. The van der Waals surface area contributed by atoms with E-state index in [0.29, 0.717) is 5.69 Å². The number of nitrogens with one attached hydrogen (secondary N) is 1. The lowest BCUT2D eigenvalue weighted by Crippen LogP contribution is -2.27. The predicted molar refractivity (Wildman–Crippen MR) is 98.4 cm³/mol. The van der Waals surface area contributed by atoms with Crippen LogP contribution in [0.1, 0.15) is 11.1 Å². The van der Waals surface area contributed by atoms with Crippen molar-refractivity contribution in [3.05, 3.63) is 82.2 Å². The van der Waals surface area contributed by atoms with E-state index in [-0.39, 0.29) is 23.7 Å². The summed E-state index contributed by atoms with van der Waals surface area (Å²) in [6.07, 6.45) is 1.26. The summed E-state index contributed by atoms with van der Waals surface area (Å²) in [6.45, 7) is 3.72. The minimum absolute atomic E-state index is 0.170. The van der Waals surface area contributed by atoms with E-state index in [9.17, 15) is 14.0 Å². The van der Waals surface area contributed by atoms with Gasteiger partial charge in [-0.15, -0.1) is 0 Å². The van der Waals surface area contributed by atoms with Crippen LogP contribution in [0.3, 0.4) is 0 Å². The van der Waals surface area contributed by atoms with Gasteiger partial charge in [-0.3, -0.25) is 14.2 Å². The van der Waals surface area contributed by atoms with E-state index in [2.05, 4.69) is 10.3 Å². The number of benzene rings is 2. The monoisotopic (exact) mass is 351 g/mol. The van der Waals surface area contributed by atoms with Crippen LogP contribution in [0.25, 0.3) is 11.3 Å². The zero-order chi connectivity index (χ0) is 18.7. The first kappa shape index (κ1) is 17.5. The Hall–Kier alpha value is -3.28. The summed E-state index contributed by atoms with van der Waals surface area (Å²) in [5.41, 5.74) is 2.81. The summed E-state index contributed by atoms with van der Waals surface area (Å²) < 4.78 is 15.0. The van der Waals surface area contributed by atoms with E-state index in [4.69, 9.17) is 0 Å². The van der Waals surface area contributed by atoms with Gasteiger partial charge in [0, 0.05) is 17.3 Å². The highest BCUT2D eigenvalue weighted by molar-refractivity contribution is 5.90. The summed E-state index contributed by atoms with van der Waals surface area (Å²) in [5.74, 6) is -0.790. The third-order valence-electron chi connectivity index (χ3n) is 3.85. The number of hydrogen-bond donors (Lipinski definition) is 1. The van der Waals surface area contributed by atoms with Gasteiger partial charge in [0.15, 0.2) is 0 Å². The molecule has 132 valence electrons. The molecule has 1 amide bonds. The maximum Gasteiger partial charge on any atom is 0.254 e. The number of nitrogens with zero attached hydrogens (tertiary/aromatic N) is 2. The van der Waals surface area contributed by atoms with Crippen molar-refractivity contribution in [1.82, 2.24) is 9.55 Å². The topological polar surface area (TPSA) is 64.0 Å². The molecule has 1 aromatic heterocycles. The Kier molecular flexibility index (Phi) is 4.93. The van der Waals surface area contributed by atoms with Crippen LogP contribution in [0, 0.1) is 19.7 Å². The molecular formula is C20H18FN3O2. The van der Waals surface area contributed by atoms with Gasteiger partial charge >= 0.3 is 0 Å². The highest BCUT2D eigenvalue weighted by Gasteiger charge is 2.10. The first-order valence-electron chi connectivity index (χ1n) is 8.12. The Morgan fingerprint density at radius 1 is 1.12 bits per heavy atom. The molecule has 3 aromatic rings. The van der Waals surface area contributed by atoms with E-state index in [1.54, 1.807) is 18.2 Å². The normalized spacial score (nSPS) is 10.6. The van der Waals surface area contributed by atoms with Crippen LogP contribution in [0.15, 0.2) is 59.7 Å².